The summed E-state index contributed by atoms with van der Waals surface area (Å²) in [7, 11) is 0. The van der Waals surface area contributed by atoms with Gasteiger partial charge in [-0.15, -0.1) is 0 Å². The van der Waals surface area contributed by atoms with E-state index < -0.39 is 24.0 Å². The Hall–Kier alpha value is -6.74. The first-order valence-electron chi connectivity index (χ1n) is 16.5. The summed E-state index contributed by atoms with van der Waals surface area (Å²) in [5, 5.41) is 65.1. The van der Waals surface area contributed by atoms with Gasteiger partial charge in [0.15, 0.2) is 0 Å². The highest BCUT2D eigenvalue weighted by molar-refractivity contribution is 6.06. The topological polar surface area (TPSA) is 153 Å². The molecule has 0 spiro atoms. The van der Waals surface area contributed by atoms with Crippen molar-refractivity contribution in [3.8, 4) is 68.4 Å². The minimum Gasteiger partial charge on any atom is -0.508 e. The zero-order valence-corrected chi connectivity index (χ0v) is 26.6. The SMILES string of the molecule is Oc1ccc(-c2oc3cc(O)cc4c3c2-c2cc(O)cc3c2[C@@H](c2cc(O)cc5c2[C@@H]4C(c2ccc(O)cc2)O5)C(c2ccc(O)cc2)O3)cc1. The van der Waals surface area contributed by atoms with Crippen LogP contribution in [0.5, 0.6) is 46.0 Å². The highest BCUT2D eigenvalue weighted by Crippen LogP contribution is 2.64. The van der Waals surface area contributed by atoms with Gasteiger partial charge in [-0.1, -0.05) is 24.3 Å². The normalized spacial score (nSPS) is 19.4. The lowest BCUT2D eigenvalue weighted by Gasteiger charge is -2.25. The van der Waals surface area contributed by atoms with Gasteiger partial charge in [-0.3, -0.25) is 0 Å². The summed E-state index contributed by atoms with van der Waals surface area (Å²) in [5.74, 6) is 0.405. The van der Waals surface area contributed by atoms with Crippen molar-refractivity contribution in [3.05, 3.63) is 143 Å². The third kappa shape index (κ3) is 4.27. The van der Waals surface area contributed by atoms with E-state index in [0.717, 1.165) is 27.8 Å². The van der Waals surface area contributed by atoms with Gasteiger partial charge in [0.25, 0.3) is 0 Å². The third-order valence-electron chi connectivity index (χ3n) is 10.3. The number of furan rings is 1. The second-order valence-electron chi connectivity index (χ2n) is 13.3. The van der Waals surface area contributed by atoms with Crippen LogP contribution in [0.4, 0.5) is 0 Å². The summed E-state index contributed by atoms with van der Waals surface area (Å²) in [6, 6.07) is 30.0. The average molecular weight is 677 g/mol. The number of fused-ring (bicyclic) bond motifs is 3. The van der Waals surface area contributed by atoms with Gasteiger partial charge < -0.3 is 44.5 Å². The minimum atomic E-state index is -0.658. The number of hydrogen-bond donors (Lipinski definition) is 6. The van der Waals surface area contributed by atoms with Crippen LogP contribution in [-0.4, -0.2) is 30.6 Å². The molecule has 9 heteroatoms. The summed E-state index contributed by atoms with van der Waals surface area (Å²) < 4.78 is 20.2. The predicted octanol–water partition coefficient (Wildman–Crippen LogP) is 8.85. The van der Waals surface area contributed by atoms with Crippen LogP contribution < -0.4 is 9.47 Å². The molecule has 7 aromatic rings. The Morgan fingerprint density at radius 1 is 0.451 bits per heavy atom. The zero-order chi connectivity index (χ0) is 34.7. The Bertz CT molecular complexity index is 2550. The molecular weight excluding hydrogens is 648 g/mol. The van der Waals surface area contributed by atoms with Crippen molar-refractivity contribution in [1.29, 1.82) is 0 Å². The molecule has 0 saturated carbocycles. The van der Waals surface area contributed by atoms with Crippen molar-refractivity contribution in [2.75, 3.05) is 0 Å². The van der Waals surface area contributed by atoms with E-state index >= 15 is 0 Å². The Morgan fingerprint density at radius 3 is 1.55 bits per heavy atom. The summed E-state index contributed by atoms with van der Waals surface area (Å²) in [5.41, 5.74) is 6.78. The summed E-state index contributed by atoms with van der Waals surface area (Å²) in [6.07, 6.45) is -1.32. The highest BCUT2D eigenvalue weighted by Gasteiger charge is 2.48. The molecule has 10 rings (SSSR count). The predicted molar refractivity (Wildman–Crippen MR) is 187 cm³/mol. The lowest BCUT2D eigenvalue weighted by atomic mass is 9.76. The minimum absolute atomic E-state index is 0.0147. The zero-order valence-electron chi connectivity index (χ0n) is 26.6. The fourth-order valence-electron chi connectivity index (χ4n) is 8.32. The Morgan fingerprint density at radius 2 is 0.941 bits per heavy atom. The van der Waals surface area contributed by atoms with E-state index in [0.29, 0.717) is 50.5 Å². The number of benzene rings is 6. The molecule has 9 nitrogen and oxygen atoms in total. The van der Waals surface area contributed by atoms with E-state index in [1.165, 1.54) is 0 Å². The van der Waals surface area contributed by atoms with E-state index in [1.807, 2.05) is 0 Å². The van der Waals surface area contributed by atoms with Crippen LogP contribution in [0.25, 0.3) is 33.4 Å². The van der Waals surface area contributed by atoms with Gasteiger partial charge >= 0.3 is 0 Å². The fraction of sp³-hybridized carbons (Fsp3) is 0.0952. The molecule has 0 saturated heterocycles. The third-order valence-corrected chi connectivity index (χ3v) is 10.3. The van der Waals surface area contributed by atoms with Crippen LogP contribution in [0.1, 0.15) is 57.4 Å². The number of rotatable bonds is 3. The quantitative estimate of drug-likeness (QED) is 0.108. The van der Waals surface area contributed by atoms with Gasteiger partial charge in [-0.2, -0.15) is 0 Å². The summed E-state index contributed by atoms with van der Waals surface area (Å²) >= 11 is 0. The number of hydrogen-bond acceptors (Lipinski definition) is 9. The highest BCUT2D eigenvalue weighted by atomic mass is 16.5. The van der Waals surface area contributed by atoms with Crippen LogP contribution in [-0.2, 0) is 0 Å². The molecule has 0 fully saturated rings. The van der Waals surface area contributed by atoms with Crippen molar-refractivity contribution < 1.29 is 44.5 Å². The molecule has 3 heterocycles. The second kappa shape index (κ2) is 10.4. The molecule has 3 aliphatic rings. The van der Waals surface area contributed by atoms with Crippen LogP contribution in [0.2, 0.25) is 0 Å². The molecule has 2 aliphatic heterocycles. The van der Waals surface area contributed by atoms with E-state index in [2.05, 4.69) is 0 Å². The van der Waals surface area contributed by atoms with E-state index in [1.54, 1.807) is 109 Å². The van der Waals surface area contributed by atoms with Gasteiger partial charge in [-0.25, -0.2) is 0 Å². The molecule has 6 aromatic carbocycles. The summed E-state index contributed by atoms with van der Waals surface area (Å²) in [4.78, 5) is 0. The number of ether oxygens (including phenoxy) is 2. The molecule has 0 radical (unpaired) electrons. The molecule has 1 aromatic heterocycles. The van der Waals surface area contributed by atoms with Crippen molar-refractivity contribution >= 4 is 11.0 Å². The Kier molecular flexibility index (Phi) is 5.94. The first-order valence-corrected chi connectivity index (χ1v) is 16.5. The largest absolute Gasteiger partial charge is 0.508 e. The van der Waals surface area contributed by atoms with Crippen molar-refractivity contribution in [2.45, 2.75) is 24.0 Å². The first-order chi connectivity index (χ1) is 24.7. The fourth-order valence-corrected chi connectivity index (χ4v) is 8.32. The van der Waals surface area contributed by atoms with E-state index in [4.69, 9.17) is 13.9 Å². The lowest BCUT2D eigenvalue weighted by molar-refractivity contribution is 0.220. The van der Waals surface area contributed by atoms with Gasteiger partial charge in [0.2, 0.25) is 0 Å². The molecule has 250 valence electrons. The van der Waals surface area contributed by atoms with Gasteiger partial charge in [0.1, 0.15) is 69.5 Å². The molecule has 1 aliphatic carbocycles. The Balaban J connectivity index is 1.38. The van der Waals surface area contributed by atoms with Crippen LogP contribution in [0, 0.1) is 0 Å². The molecule has 0 amide bonds. The monoisotopic (exact) mass is 676 g/mol. The van der Waals surface area contributed by atoms with Crippen LogP contribution >= 0.6 is 0 Å². The van der Waals surface area contributed by atoms with Gasteiger partial charge in [0.05, 0.1) is 11.8 Å². The molecule has 0 bridgehead atoms. The molecule has 6 N–H and O–H groups in total. The summed E-state index contributed by atoms with van der Waals surface area (Å²) in [6.45, 7) is 0. The number of phenolic OH excluding ortho intramolecular Hbond substituents is 6. The molecule has 51 heavy (non-hydrogen) atoms. The van der Waals surface area contributed by atoms with E-state index in [-0.39, 0.29) is 34.5 Å². The average Bonchev–Trinajstić information content (AvgIpc) is 3.80. The van der Waals surface area contributed by atoms with Crippen molar-refractivity contribution in [1.82, 2.24) is 0 Å². The maximum atomic E-state index is 11.3. The van der Waals surface area contributed by atoms with Crippen molar-refractivity contribution in [2.24, 2.45) is 0 Å². The van der Waals surface area contributed by atoms with E-state index in [9.17, 15) is 30.6 Å². The smallest absolute Gasteiger partial charge is 0.143 e. The first kappa shape index (κ1) is 29.2. The molecule has 4 atom stereocenters. The van der Waals surface area contributed by atoms with Crippen molar-refractivity contribution in [3.63, 3.8) is 0 Å². The number of aromatic hydroxyl groups is 6. The molecule has 2 unspecified atom stereocenters. The van der Waals surface area contributed by atoms with Crippen LogP contribution in [0.15, 0.2) is 114 Å². The second-order valence-corrected chi connectivity index (χ2v) is 13.3. The maximum absolute atomic E-state index is 11.3. The number of phenols is 6. The van der Waals surface area contributed by atoms with Gasteiger partial charge in [-0.05, 0) is 94.5 Å². The van der Waals surface area contributed by atoms with Crippen LogP contribution in [0.3, 0.4) is 0 Å². The standard InChI is InChI=1S/C42H28O9/c43-22-7-1-19(2-8-22)40-37-28-13-25(46)17-32-35(28)39(42(50-32)21-5-11-24(45)12-6-21)30-15-27(48)18-33-36(30)38(29-14-26(47)16-31(49-40)34(29)37)41(51-33)20-3-9-23(44)10-4-20/h1-18,37-38,40-41,43-48H/t37-,38-,40?,41?/m1/s1. The maximum Gasteiger partial charge on any atom is 0.143 e. The lowest BCUT2D eigenvalue weighted by Crippen LogP contribution is -2.16. The van der Waals surface area contributed by atoms with Gasteiger partial charge in [0, 0.05) is 45.8 Å². The Labute approximate surface area is 290 Å². The molecular formula is C42H28O9.